The fourth-order valence-corrected chi connectivity index (χ4v) is 4.02. The largest absolute Gasteiger partial charge is 0.329 e. The maximum atomic E-state index is 12.5. The van der Waals surface area contributed by atoms with E-state index in [2.05, 4.69) is 11.9 Å². The average molecular weight is 306 g/mol. The molecule has 19 heavy (non-hydrogen) atoms. The van der Waals surface area contributed by atoms with E-state index in [-0.39, 0.29) is 23.3 Å². The molecule has 2 atom stereocenters. The van der Waals surface area contributed by atoms with E-state index in [1.807, 2.05) is 0 Å². The van der Waals surface area contributed by atoms with Crippen LogP contribution in [-0.4, -0.2) is 36.8 Å². The molecule has 1 aromatic heterocycles. The molecule has 0 spiro atoms. The molecular formula is C12H20ClN3O2S. The summed E-state index contributed by atoms with van der Waals surface area (Å²) in [5.41, 5.74) is 5.71. The van der Waals surface area contributed by atoms with Gasteiger partial charge in [0.05, 0.1) is 0 Å². The van der Waals surface area contributed by atoms with Gasteiger partial charge in [-0.1, -0.05) is 6.92 Å². The zero-order chi connectivity index (χ0) is 13.2. The van der Waals surface area contributed by atoms with E-state index in [4.69, 9.17) is 5.73 Å². The second-order valence-corrected chi connectivity index (χ2v) is 6.71. The number of hydrogen-bond acceptors (Lipinski definition) is 4. The number of nitrogens with zero attached hydrogens (tertiary/aromatic N) is 2. The third-order valence-corrected chi connectivity index (χ3v) is 5.37. The van der Waals surface area contributed by atoms with Crippen LogP contribution in [-0.2, 0) is 10.0 Å². The van der Waals surface area contributed by atoms with Gasteiger partial charge in [0, 0.05) is 31.5 Å². The summed E-state index contributed by atoms with van der Waals surface area (Å²) in [6, 6.07) is 3.11. The van der Waals surface area contributed by atoms with Gasteiger partial charge in [-0.05, 0) is 30.9 Å². The Balaban J connectivity index is 0.00000180. The lowest BCUT2D eigenvalue weighted by Crippen LogP contribution is -2.49. The summed E-state index contributed by atoms with van der Waals surface area (Å²) in [6.45, 7) is 3.04. The molecule has 2 heterocycles. The molecule has 2 N–H and O–H groups in total. The lowest BCUT2D eigenvalue weighted by Gasteiger charge is -2.36. The topological polar surface area (TPSA) is 76.3 Å². The Morgan fingerprint density at radius 1 is 1.53 bits per heavy atom. The molecule has 2 unspecified atom stereocenters. The van der Waals surface area contributed by atoms with Gasteiger partial charge in [-0.25, -0.2) is 8.42 Å². The summed E-state index contributed by atoms with van der Waals surface area (Å²) in [5, 5.41) is 0. The van der Waals surface area contributed by atoms with Crippen molar-refractivity contribution in [2.75, 3.05) is 13.1 Å². The van der Waals surface area contributed by atoms with Crippen LogP contribution in [0.2, 0.25) is 0 Å². The van der Waals surface area contributed by atoms with Gasteiger partial charge >= 0.3 is 0 Å². The van der Waals surface area contributed by atoms with E-state index in [9.17, 15) is 8.42 Å². The highest BCUT2D eigenvalue weighted by atomic mass is 35.5. The van der Waals surface area contributed by atoms with E-state index >= 15 is 0 Å². The summed E-state index contributed by atoms with van der Waals surface area (Å²) in [7, 11) is -3.46. The van der Waals surface area contributed by atoms with Gasteiger partial charge in [0.2, 0.25) is 10.0 Å². The Kier molecular flexibility index (Phi) is 5.73. The second-order valence-electron chi connectivity index (χ2n) is 4.82. The van der Waals surface area contributed by atoms with Crippen LogP contribution in [0.3, 0.4) is 0 Å². The van der Waals surface area contributed by atoms with Gasteiger partial charge in [0.15, 0.2) is 0 Å². The molecule has 7 heteroatoms. The molecule has 5 nitrogen and oxygen atoms in total. The maximum absolute atomic E-state index is 12.5. The highest BCUT2D eigenvalue weighted by Crippen LogP contribution is 2.27. The number of hydrogen-bond donors (Lipinski definition) is 1. The number of pyridine rings is 1. The first kappa shape index (κ1) is 16.4. The molecule has 0 radical (unpaired) electrons. The number of halogens is 1. The standard InChI is InChI=1S/C12H19N3O2S.ClH/c1-10-4-6-15(11(7-10)8-13)18(16,17)12-3-2-5-14-9-12;/h2-3,5,9-11H,4,6-8,13H2,1H3;1H. The molecule has 0 bridgehead atoms. The molecule has 0 amide bonds. The Hall–Kier alpha value is -0.690. The van der Waals surface area contributed by atoms with Crippen molar-refractivity contribution in [3.05, 3.63) is 24.5 Å². The molecule has 1 saturated heterocycles. The summed E-state index contributed by atoms with van der Waals surface area (Å²) < 4.78 is 26.5. The highest BCUT2D eigenvalue weighted by Gasteiger charge is 2.34. The predicted molar refractivity (Wildman–Crippen MR) is 76.6 cm³/mol. The third kappa shape index (κ3) is 3.45. The minimum Gasteiger partial charge on any atom is -0.329 e. The van der Waals surface area contributed by atoms with E-state index in [0.29, 0.717) is 19.0 Å². The van der Waals surface area contributed by atoms with E-state index < -0.39 is 10.0 Å². The van der Waals surface area contributed by atoms with Crippen molar-refractivity contribution in [3.8, 4) is 0 Å². The Morgan fingerprint density at radius 3 is 2.84 bits per heavy atom. The summed E-state index contributed by atoms with van der Waals surface area (Å²) in [6.07, 6.45) is 4.67. The third-order valence-electron chi connectivity index (χ3n) is 3.44. The van der Waals surface area contributed by atoms with Crippen LogP contribution in [0.25, 0.3) is 0 Å². The smallest absolute Gasteiger partial charge is 0.244 e. The van der Waals surface area contributed by atoms with Crippen molar-refractivity contribution in [1.82, 2.24) is 9.29 Å². The van der Waals surface area contributed by atoms with Crippen molar-refractivity contribution >= 4 is 22.4 Å². The molecule has 1 fully saturated rings. The van der Waals surface area contributed by atoms with Gasteiger partial charge in [-0.15, -0.1) is 12.4 Å². The maximum Gasteiger partial charge on any atom is 0.244 e. The normalized spacial score (nSPS) is 24.7. The molecule has 0 aliphatic carbocycles. The van der Waals surface area contributed by atoms with Crippen LogP contribution in [0.4, 0.5) is 0 Å². The van der Waals surface area contributed by atoms with Crippen LogP contribution in [0, 0.1) is 5.92 Å². The molecule has 1 aliphatic heterocycles. The lowest BCUT2D eigenvalue weighted by atomic mass is 9.94. The number of sulfonamides is 1. The van der Waals surface area contributed by atoms with Crippen molar-refractivity contribution in [3.63, 3.8) is 0 Å². The van der Waals surface area contributed by atoms with Crippen molar-refractivity contribution in [1.29, 1.82) is 0 Å². The molecule has 1 aliphatic rings. The van der Waals surface area contributed by atoms with Crippen LogP contribution in [0.15, 0.2) is 29.4 Å². The first-order chi connectivity index (χ1) is 8.55. The highest BCUT2D eigenvalue weighted by molar-refractivity contribution is 7.89. The summed E-state index contributed by atoms with van der Waals surface area (Å²) >= 11 is 0. The van der Waals surface area contributed by atoms with E-state index in [0.717, 1.165) is 12.8 Å². The van der Waals surface area contributed by atoms with Crippen LogP contribution in [0.5, 0.6) is 0 Å². The zero-order valence-electron chi connectivity index (χ0n) is 10.9. The van der Waals surface area contributed by atoms with Gasteiger partial charge in [0.1, 0.15) is 4.90 Å². The van der Waals surface area contributed by atoms with E-state index in [1.165, 1.54) is 10.5 Å². The Bertz CT molecular complexity index is 495. The number of piperidine rings is 1. The van der Waals surface area contributed by atoms with Crippen molar-refractivity contribution in [2.24, 2.45) is 11.7 Å². The van der Waals surface area contributed by atoms with Gasteiger partial charge < -0.3 is 5.73 Å². The molecular weight excluding hydrogens is 286 g/mol. The molecule has 108 valence electrons. The van der Waals surface area contributed by atoms with E-state index in [1.54, 1.807) is 18.3 Å². The minimum absolute atomic E-state index is 0. The van der Waals surface area contributed by atoms with Gasteiger partial charge in [0.25, 0.3) is 0 Å². The quantitative estimate of drug-likeness (QED) is 0.912. The van der Waals surface area contributed by atoms with Gasteiger partial charge in [-0.2, -0.15) is 4.31 Å². The number of rotatable bonds is 3. The fourth-order valence-electron chi connectivity index (χ4n) is 2.40. The molecule has 0 aromatic carbocycles. The number of aromatic nitrogens is 1. The van der Waals surface area contributed by atoms with Crippen LogP contribution >= 0.6 is 12.4 Å². The van der Waals surface area contributed by atoms with Crippen molar-refractivity contribution < 1.29 is 8.42 Å². The van der Waals surface area contributed by atoms with Crippen molar-refractivity contribution in [2.45, 2.75) is 30.7 Å². The Morgan fingerprint density at radius 2 is 2.26 bits per heavy atom. The monoisotopic (exact) mass is 305 g/mol. The molecule has 1 aromatic rings. The predicted octanol–water partition coefficient (Wildman–Crippen LogP) is 1.25. The SMILES string of the molecule is CC1CCN(S(=O)(=O)c2cccnc2)C(CN)C1.Cl. The van der Waals surface area contributed by atoms with Crippen LogP contribution in [0.1, 0.15) is 19.8 Å². The summed E-state index contributed by atoms with van der Waals surface area (Å²) in [5.74, 6) is 0.527. The van der Waals surface area contributed by atoms with Gasteiger partial charge in [-0.3, -0.25) is 4.98 Å². The van der Waals surface area contributed by atoms with Crippen LogP contribution < -0.4 is 5.73 Å². The summed E-state index contributed by atoms with van der Waals surface area (Å²) in [4.78, 5) is 4.12. The Labute approximate surface area is 120 Å². The minimum atomic E-state index is -3.46. The number of nitrogens with two attached hydrogens (primary N) is 1. The fraction of sp³-hybridized carbons (Fsp3) is 0.583. The second kappa shape index (κ2) is 6.65. The first-order valence-electron chi connectivity index (χ1n) is 6.17. The first-order valence-corrected chi connectivity index (χ1v) is 7.61. The zero-order valence-corrected chi connectivity index (χ0v) is 12.5. The average Bonchev–Trinajstić information content (AvgIpc) is 2.39. The lowest BCUT2D eigenvalue weighted by molar-refractivity contribution is 0.211. The molecule has 2 rings (SSSR count). The molecule has 0 saturated carbocycles.